The fourth-order valence-corrected chi connectivity index (χ4v) is 2.80. The highest BCUT2D eigenvalue weighted by Gasteiger charge is 2.34. The molecular weight excluding hydrogens is 226 g/mol. The Hall–Kier alpha value is -0.610. The van der Waals surface area contributed by atoms with Crippen molar-refractivity contribution in [3.8, 4) is 0 Å². The van der Waals surface area contributed by atoms with Gasteiger partial charge in [-0.15, -0.1) is 0 Å². The number of carbonyl (C=O) groups excluding carboxylic acids is 1. The molecular formula is C14H29N3O. The molecule has 106 valence electrons. The van der Waals surface area contributed by atoms with Gasteiger partial charge in [-0.3, -0.25) is 4.79 Å². The number of nitrogens with zero attached hydrogens (tertiary/aromatic N) is 1. The molecule has 1 rings (SSSR count). The highest BCUT2D eigenvalue weighted by atomic mass is 16.1. The van der Waals surface area contributed by atoms with E-state index in [0.717, 1.165) is 13.0 Å². The molecule has 18 heavy (non-hydrogen) atoms. The zero-order chi connectivity index (χ0) is 13.6. The Kier molecular flexibility index (Phi) is 6.09. The summed E-state index contributed by atoms with van der Waals surface area (Å²) in [4.78, 5) is 14.2. The average Bonchev–Trinajstić information content (AvgIpc) is 2.37. The van der Waals surface area contributed by atoms with Crippen molar-refractivity contribution in [2.45, 2.75) is 51.0 Å². The molecule has 1 aliphatic rings. The molecule has 1 fully saturated rings. The van der Waals surface area contributed by atoms with Gasteiger partial charge in [-0.1, -0.05) is 26.2 Å². The Morgan fingerprint density at radius 1 is 1.33 bits per heavy atom. The molecule has 4 nitrogen and oxygen atoms in total. The molecule has 1 amide bonds. The minimum absolute atomic E-state index is 0.0257. The van der Waals surface area contributed by atoms with Crippen LogP contribution >= 0.6 is 0 Å². The van der Waals surface area contributed by atoms with Crippen LogP contribution in [-0.2, 0) is 4.79 Å². The van der Waals surface area contributed by atoms with Crippen LogP contribution in [0.15, 0.2) is 0 Å². The normalized spacial score (nSPS) is 20.7. The van der Waals surface area contributed by atoms with Crippen molar-refractivity contribution < 1.29 is 4.79 Å². The van der Waals surface area contributed by atoms with Gasteiger partial charge in [-0.05, 0) is 39.9 Å². The molecule has 1 saturated carbocycles. The first-order valence-corrected chi connectivity index (χ1v) is 7.17. The third-order valence-electron chi connectivity index (χ3n) is 4.37. The first-order chi connectivity index (χ1) is 8.52. The Labute approximate surface area is 111 Å². The Bertz CT molecular complexity index is 260. The van der Waals surface area contributed by atoms with Gasteiger partial charge < -0.3 is 16.0 Å². The van der Waals surface area contributed by atoms with Crippen molar-refractivity contribution in [3.63, 3.8) is 0 Å². The summed E-state index contributed by atoms with van der Waals surface area (Å²) in [6, 6.07) is 0. The van der Waals surface area contributed by atoms with Gasteiger partial charge in [0.15, 0.2) is 0 Å². The SMILES string of the molecule is CC(CCN)C(=O)NCC1(N(C)C)CCCCC1. The summed E-state index contributed by atoms with van der Waals surface area (Å²) in [6.07, 6.45) is 7.00. The summed E-state index contributed by atoms with van der Waals surface area (Å²) < 4.78 is 0. The Morgan fingerprint density at radius 2 is 1.94 bits per heavy atom. The number of hydrogen-bond acceptors (Lipinski definition) is 3. The van der Waals surface area contributed by atoms with Gasteiger partial charge in [-0.25, -0.2) is 0 Å². The van der Waals surface area contributed by atoms with E-state index in [2.05, 4.69) is 24.3 Å². The van der Waals surface area contributed by atoms with E-state index in [1.54, 1.807) is 0 Å². The fraction of sp³-hybridized carbons (Fsp3) is 0.929. The highest BCUT2D eigenvalue weighted by molar-refractivity contribution is 5.78. The predicted molar refractivity (Wildman–Crippen MR) is 75.3 cm³/mol. The second kappa shape index (κ2) is 7.10. The van der Waals surface area contributed by atoms with Gasteiger partial charge in [0.1, 0.15) is 0 Å². The smallest absolute Gasteiger partial charge is 0.222 e. The van der Waals surface area contributed by atoms with E-state index < -0.39 is 0 Å². The Balaban J connectivity index is 2.49. The lowest BCUT2D eigenvalue weighted by Crippen LogP contribution is -2.54. The maximum absolute atomic E-state index is 12.0. The van der Waals surface area contributed by atoms with Crippen LogP contribution in [0.2, 0.25) is 0 Å². The molecule has 1 atom stereocenters. The second-order valence-corrected chi connectivity index (χ2v) is 5.88. The molecule has 0 radical (unpaired) electrons. The minimum Gasteiger partial charge on any atom is -0.354 e. The monoisotopic (exact) mass is 255 g/mol. The van der Waals surface area contributed by atoms with E-state index in [4.69, 9.17) is 5.73 Å². The number of nitrogens with one attached hydrogen (secondary N) is 1. The van der Waals surface area contributed by atoms with E-state index in [9.17, 15) is 4.79 Å². The summed E-state index contributed by atoms with van der Waals surface area (Å²) in [7, 11) is 4.25. The molecule has 3 N–H and O–H groups in total. The topological polar surface area (TPSA) is 58.4 Å². The molecule has 0 saturated heterocycles. The van der Waals surface area contributed by atoms with Gasteiger partial charge in [0, 0.05) is 18.0 Å². The quantitative estimate of drug-likeness (QED) is 0.753. The van der Waals surface area contributed by atoms with E-state index in [1.807, 2.05) is 6.92 Å². The van der Waals surface area contributed by atoms with Crippen molar-refractivity contribution in [2.24, 2.45) is 11.7 Å². The molecule has 0 aromatic carbocycles. The number of nitrogens with two attached hydrogens (primary N) is 1. The molecule has 1 aliphatic carbocycles. The molecule has 0 aromatic heterocycles. The van der Waals surface area contributed by atoms with E-state index >= 15 is 0 Å². The molecule has 4 heteroatoms. The zero-order valence-electron chi connectivity index (χ0n) is 12.2. The standard InChI is InChI=1S/C14H29N3O/c1-12(7-10-15)13(18)16-11-14(17(2)3)8-5-4-6-9-14/h12H,4-11,15H2,1-3H3,(H,16,18). The van der Waals surface area contributed by atoms with Crippen molar-refractivity contribution >= 4 is 5.91 Å². The summed E-state index contributed by atoms with van der Waals surface area (Å²) in [5.74, 6) is 0.171. The summed E-state index contributed by atoms with van der Waals surface area (Å²) in [6.45, 7) is 3.30. The van der Waals surface area contributed by atoms with Crippen molar-refractivity contribution in [2.75, 3.05) is 27.2 Å². The van der Waals surface area contributed by atoms with Crippen LogP contribution in [0.3, 0.4) is 0 Å². The lowest BCUT2D eigenvalue weighted by molar-refractivity contribution is -0.125. The summed E-state index contributed by atoms with van der Waals surface area (Å²) >= 11 is 0. The van der Waals surface area contributed by atoms with Crippen molar-refractivity contribution in [1.82, 2.24) is 10.2 Å². The van der Waals surface area contributed by atoms with Crippen LogP contribution < -0.4 is 11.1 Å². The number of likely N-dealkylation sites (N-methyl/N-ethyl adjacent to an activating group) is 1. The van der Waals surface area contributed by atoms with E-state index in [0.29, 0.717) is 6.54 Å². The van der Waals surface area contributed by atoms with Crippen molar-refractivity contribution in [3.05, 3.63) is 0 Å². The molecule has 0 spiro atoms. The average molecular weight is 255 g/mol. The lowest BCUT2D eigenvalue weighted by atomic mass is 9.80. The maximum Gasteiger partial charge on any atom is 0.222 e. The number of rotatable bonds is 6. The minimum atomic E-state index is 0.0257. The van der Waals surface area contributed by atoms with E-state index in [1.165, 1.54) is 32.1 Å². The third kappa shape index (κ3) is 3.95. The van der Waals surface area contributed by atoms with Crippen LogP contribution in [0.5, 0.6) is 0 Å². The molecule has 0 aromatic rings. The predicted octanol–water partition coefficient (Wildman–Crippen LogP) is 1.35. The molecule has 0 heterocycles. The van der Waals surface area contributed by atoms with Crippen LogP contribution in [0.25, 0.3) is 0 Å². The van der Waals surface area contributed by atoms with Crippen LogP contribution in [0, 0.1) is 5.92 Å². The lowest BCUT2D eigenvalue weighted by Gasteiger charge is -2.43. The van der Waals surface area contributed by atoms with Gasteiger partial charge in [0.2, 0.25) is 5.91 Å². The number of carbonyl (C=O) groups is 1. The van der Waals surface area contributed by atoms with Crippen LogP contribution in [-0.4, -0.2) is 43.5 Å². The fourth-order valence-electron chi connectivity index (χ4n) is 2.80. The first kappa shape index (κ1) is 15.4. The number of hydrogen-bond donors (Lipinski definition) is 2. The molecule has 1 unspecified atom stereocenters. The van der Waals surface area contributed by atoms with Crippen LogP contribution in [0.4, 0.5) is 0 Å². The van der Waals surface area contributed by atoms with E-state index in [-0.39, 0.29) is 17.4 Å². The largest absolute Gasteiger partial charge is 0.354 e. The third-order valence-corrected chi connectivity index (χ3v) is 4.37. The van der Waals surface area contributed by atoms with Gasteiger partial charge in [0.25, 0.3) is 0 Å². The van der Waals surface area contributed by atoms with Gasteiger partial charge >= 0.3 is 0 Å². The second-order valence-electron chi connectivity index (χ2n) is 5.88. The van der Waals surface area contributed by atoms with Crippen molar-refractivity contribution in [1.29, 1.82) is 0 Å². The Morgan fingerprint density at radius 3 is 2.44 bits per heavy atom. The summed E-state index contributed by atoms with van der Waals surface area (Å²) in [5, 5.41) is 3.12. The first-order valence-electron chi connectivity index (χ1n) is 7.17. The highest BCUT2D eigenvalue weighted by Crippen LogP contribution is 2.31. The summed E-state index contributed by atoms with van der Waals surface area (Å²) in [5.41, 5.74) is 5.66. The molecule has 0 aliphatic heterocycles. The zero-order valence-corrected chi connectivity index (χ0v) is 12.2. The molecule has 0 bridgehead atoms. The van der Waals surface area contributed by atoms with Crippen LogP contribution in [0.1, 0.15) is 45.4 Å². The maximum atomic E-state index is 12.0. The van der Waals surface area contributed by atoms with Gasteiger partial charge in [-0.2, -0.15) is 0 Å². The number of amides is 1. The van der Waals surface area contributed by atoms with Gasteiger partial charge in [0.05, 0.1) is 0 Å².